The van der Waals surface area contributed by atoms with Crippen molar-refractivity contribution in [2.24, 2.45) is 0 Å². The smallest absolute Gasteiger partial charge is 0.165 e. The lowest BCUT2D eigenvalue weighted by molar-refractivity contribution is 0.198. The van der Waals surface area contributed by atoms with Gasteiger partial charge < -0.3 is 10.1 Å². The van der Waals surface area contributed by atoms with Crippen LogP contribution in [-0.2, 0) is 11.3 Å². The molecule has 0 unspecified atom stereocenters. The van der Waals surface area contributed by atoms with Crippen LogP contribution in [0.4, 0.5) is 0 Å². The Labute approximate surface area is 114 Å². The standard InChI is InChI=1S/C13H25N5O/c1-19-10-9-14-11-13-15-16-17-18(13)12-7-5-3-2-4-6-8-12/h12,14H,2-11H2,1H3. The Bertz CT molecular complexity index is 347. The second kappa shape index (κ2) is 8.22. The highest BCUT2D eigenvalue weighted by atomic mass is 16.5. The number of nitrogens with one attached hydrogen (secondary N) is 1. The monoisotopic (exact) mass is 267 g/mol. The van der Waals surface area contributed by atoms with Crippen LogP contribution in [0.25, 0.3) is 0 Å². The first-order valence-electron chi connectivity index (χ1n) is 7.38. The predicted octanol–water partition coefficient (Wildman–Crippen LogP) is 1.69. The Kier molecular flexibility index (Phi) is 6.23. The van der Waals surface area contributed by atoms with Gasteiger partial charge in [0.1, 0.15) is 0 Å². The molecule has 108 valence electrons. The van der Waals surface area contributed by atoms with Gasteiger partial charge in [-0.1, -0.05) is 32.1 Å². The fourth-order valence-electron chi connectivity index (χ4n) is 2.67. The van der Waals surface area contributed by atoms with Gasteiger partial charge in [-0.15, -0.1) is 5.10 Å². The molecule has 0 amide bonds. The quantitative estimate of drug-likeness (QED) is 0.795. The molecule has 1 aliphatic carbocycles. The van der Waals surface area contributed by atoms with E-state index in [9.17, 15) is 0 Å². The zero-order chi connectivity index (χ0) is 13.3. The zero-order valence-corrected chi connectivity index (χ0v) is 11.8. The van der Waals surface area contributed by atoms with Gasteiger partial charge in [0.25, 0.3) is 0 Å². The highest BCUT2D eigenvalue weighted by molar-refractivity contribution is 4.84. The lowest BCUT2D eigenvalue weighted by atomic mass is 9.97. The van der Waals surface area contributed by atoms with Crippen LogP contribution in [0.15, 0.2) is 0 Å². The minimum atomic E-state index is 0.481. The number of tetrazole rings is 1. The molecule has 0 saturated heterocycles. The molecule has 2 rings (SSSR count). The van der Waals surface area contributed by atoms with Gasteiger partial charge in [-0.25, -0.2) is 4.68 Å². The summed E-state index contributed by atoms with van der Waals surface area (Å²) < 4.78 is 7.05. The van der Waals surface area contributed by atoms with Crippen LogP contribution in [0.3, 0.4) is 0 Å². The molecule has 1 N–H and O–H groups in total. The summed E-state index contributed by atoms with van der Waals surface area (Å²) in [5.74, 6) is 0.946. The fourth-order valence-corrected chi connectivity index (χ4v) is 2.67. The van der Waals surface area contributed by atoms with Gasteiger partial charge >= 0.3 is 0 Å². The van der Waals surface area contributed by atoms with E-state index in [4.69, 9.17) is 4.74 Å². The molecular weight excluding hydrogens is 242 g/mol. The molecule has 0 atom stereocenters. The third-order valence-electron chi connectivity index (χ3n) is 3.75. The SMILES string of the molecule is COCCNCc1nnnn1C1CCCCCCC1. The lowest BCUT2D eigenvalue weighted by Gasteiger charge is -2.20. The van der Waals surface area contributed by atoms with E-state index in [1.807, 2.05) is 4.68 Å². The van der Waals surface area contributed by atoms with Crippen molar-refractivity contribution in [3.63, 3.8) is 0 Å². The molecule has 19 heavy (non-hydrogen) atoms. The maximum absolute atomic E-state index is 5.02. The summed E-state index contributed by atoms with van der Waals surface area (Å²) in [6.45, 7) is 2.26. The Morgan fingerprint density at radius 1 is 1.21 bits per heavy atom. The van der Waals surface area contributed by atoms with E-state index in [0.717, 1.165) is 12.4 Å². The molecule has 1 heterocycles. The number of hydrogen-bond acceptors (Lipinski definition) is 5. The fraction of sp³-hybridized carbons (Fsp3) is 0.923. The maximum Gasteiger partial charge on any atom is 0.165 e. The van der Waals surface area contributed by atoms with E-state index in [1.54, 1.807) is 7.11 Å². The van der Waals surface area contributed by atoms with Crippen LogP contribution in [0.1, 0.15) is 56.8 Å². The molecule has 0 spiro atoms. The van der Waals surface area contributed by atoms with Crippen molar-refractivity contribution >= 4 is 0 Å². The van der Waals surface area contributed by atoms with Crippen LogP contribution in [0, 0.1) is 0 Å². The van der Waals surface area contributed by atoms with Gasteiger partial charge in [-0.05, 0) is 23.3 Å². The third kappa shape index (κ3) is 4.54. The van der Waals surface area contributed by atoms with Gasteiger partial charge in [-0.2, -0.15) is 0 Å². The Morgan fingerprint density at radius 3 is 2.68 bits per heavy atom. The van der Waals surface area contributed by atoms with Gasteiger partial charge in [0.05, 0.1) is 19.2 Å². The van der Waals surface area contributed by atoms with E-state index in [1.165, 1.54) is 44.9 Å². The Balaban J connectivity index is 1.89. The Hall–Kier alpha value is -1.01. The van der Waals surface area contributed by atoms with Crippen LogP contribution in [0.5, 0.6) is 0 Å². The van der Waals surface area contributed by atoms with Gasteiger partial charge in [0.15, 0.2) is 5.82 Å². The number of aromatic nitrogens is 4. The summed E-state index contributed by atoms with van der Waals surface area (Å²) in [7, 11) is 1.71. The molecule has 1 aromatic heterocycles. The first-order valence-corrected chi connectivity index (χ1v) is 7.38. The lowest BCUT2D eigenvalue weighted by Crippen LogP contribution is -2.23. The van der Waals surface area contributed by atoms with E-state index >= 15 is 0 Å². The second-order valence-corrected chi connectivity index (χ2v) is 5.21. The number of ether oxygens (including phenoxy) is 1. The summed E-state index contributed by atoms with van der Waals surface area (Å²) in [5, 5.41) is 15.5. The third-order valence-corrected chi connectivity index (χ3v) is 3.75. The van der Waals surface area contributed by atoms with Crippen molar-refractivity contribution < 1.29 is 4.74 Å². The molecule has 0 aromatic carbocycles. The van der Waals surface area contributed by atoms with Crippen molar-refractivity contribution in [1.82, 2.24) is 25.5 Å². The molecule has 1 saturated carbocycles. The highest BCUT2D eigenvalue weighted by Gasteiger charge is 2.17. The minimum Gasteiger partial charge on any atom is -0.383 e. The molecule has 1 fully saturated rings. The van der Waals surface area contributed by atoms with Crippen molar-refractivity contribution in [3.8, 4) is 0 Å². The van der Waals surface area contributed by atoms with E-state index < -0.39 is 0 Å². The second-order valence-electron chi connectivity index (χ2n) is 5.21. The van der Waals surface area contributed by atoms with Gasteiger partial charge in [0.2, 0.25) is 0 Å². The minimum absolute atomic E-state index is 0.481. The first-order chi connectivity index (χ1) is 9.42. The summed E-state index contributed by atoms with van der Waals surface area (Å²) in [5.41, 5.74) is 0. The van der Waals surface area contributed by atoms with Crippen LogP contribution in [0.2, 0.25) is 0 Å². The predicted molar refractivity (Wildman–Crippen MR) is 72.8 cm³/mol. The summed E-state index contributed by atoms with van der Waals surface area (Å²) in [4.78, 5) is 0. The number of methoxy groups -OCH3 is 1. The molecule has 6 nitrogen and oxygen atoms in total. The molecule has 1 aliphatic rings. The van der Waals surface area contributed by atoms with E-state index in [-0.39, 0.29) is 0 Å². The Morgan fingerprint density at radius 2 is 1.95 bits per heavy atom. The average Bonchev–Trinajstić information content (AvgIpc) is 2.83. The van der Waals surface area contributed by atoms with Crippen LogP contribution in [-0.4, -0.2) is 40.5 Å². The molecule has 6 heteroatoms. The maximum atomic E-state index is 5.02. The summed E-state index contributed by atoms with van der Waals surface area (Å²) >= 11 is 0. The zero-order valence-electron chi connectivity index (χ0n) is 11.8. The topological polar surface area (TPSA) is 64.9 Å². The van der Waals surface area contributed by atoms with Gasteiger partial charge in [-0.3, -0.25) is 0 Å². The molecule has 0 bridgehead atoms. The van der Waals surface area contributed by atoms with Crippen molar-refractivity contribution in [1.29, 1.82) is 0 Å². The molecule has 1 aromatic rings. The van der Waals surface area contributed by atoms with Crippen molar-refractivity contribution in [3.05, 3.63) is 5.82 Å². The van der Waals surface area contributed by atoms with Crippen LogP contribution < -0.4 is 5.32 Å². The van der Waals surface area contributed by atoms with Crippen molar-refractivity contribution in [2.75, 3.05) is 20.3 Å². The first kappa shape index (κ1) is 14.4. The number of nitrogens with zero attached hydrogens (tertiary/aromatic N) is 4. The van der Waals surface area contributed by atoms with Crippen molar-refractivity contribution in [2.45, 2.75) is 57.5 Å². The normalized spacial score (nSPS) is 18.2. The number of rotatable bonds is 6. The molecular formula is C13H25N5O. The molecule has 0 aliphatic heterocycles. The molecule has 0 radical (unpaired) electrons. The largest absolute Gasteiger partial charge is 0.383 e. The van der Waals surface area contributed by atoms with E-state index in [2.05, 4.69) is 20.8 Å². The summed E-state index contributed by atoms with van der Waals surface area (Å²) in [6, 6.07) is 0.481. The highest BCUT2D eigenvalue weighted by Crippen LogP contribution is 2.26. The van der Waals surface area contributed by atoms with E-state index in [0.29, 0.717) is 19.2 Å². The number of hydrogen-bond donors (Lipinski definition) is 1. The summed E-state index contributed by atoms with van der Waals surface area (Å²) in [6.07, 6.45) is 9.07. The average molecular weight is 267 g/mol. The van der Waals surface area contributed by atoms with Gasteiger partial charge in [0, 0.05) is 13.7 Å². The van der Waals surface area contributed by atoms with Crippen LogP contribution >= 0.6 is 0 Å².